The monoisotopic (exact) mass is 400 g/mol. The molecule has 5 heteroatoms. The zero-order chi connectivity index (χ0) is 17.0. The number of aliphatic hydroxyl groups excluding tert-OH is 1. The van der Waals surface area contributed by atoms with E-state index in [-0.39, 0.29) is 24.4 Å². The van der Waals surface area contributed by atoms with E-state index in [0.717, 1.165) is 25.7 Å². The lowest BCUT2D eigenvalue weighted by atomic mass is 10.1. The highest BCUT2D eigenvalue weighted by Gasteiger charge is 2.40. The van der Waals surface area contributed by atoms with Crippen LogP contribution in [0, 0.1) is 11.5 Å². The van der Waals surface area contributed by atoms with Crippen LogP contribution in [0.3, 0.4) is 0 Å². The summed E-state index contributed by atoms with van der Waals surface area (Å²) in [5.74, 6) is 3.01. The molecule has 2 rings (SSSR count). The third kappa shape index (κ3) is 5.72. The van der Waals surface area contributed by atoms with Crippen LogP contribution in [0.2, 0.25) is 19.6 Å². The van der Waals surface area contributed by atoms with Crippen molar-refractivity contribution < 1.29 is 14.6 Å². The van der Waals surface area contributed by atoms with E-state index < -0.39 is 14.2 Å². The van der Waals surface area contributed by atoms with E-state index in [2.05, 4.69) is 66.1 Å². The van der Waals surface area contributed by atoms with Crippen molar-refractivity contribution in [2.75, 3.05) is 0 Å². The number of halogens is 1. The Labute approximate surface area is 150 Å². The normalized spacial score (nSPS) is 37.6. The Kier molecular flexibility index (Phi) is 6.94. The maximum absolute atomic E-state index is 10.4. The summed E-state index contributed by atoms with van der Waals surface area (Å²) in [6.07, 6.45) is 7.16. The Morgan fingerprint density at radius 3 is 2.57 bits per heavy atom. The van der Waals surface area contributed by atoms with E-state index in [9.17, 15) is 5.11 Å². The van der Waals surface area contributed by atoms with E-state index in [0.29, 0.717) is 4.83 Å². The van der Waals surface area contributed by atoms with Gasteiger partial charge in [0.25, 0.3) is 0 Å². The van der Waals surface area contributed by atoms with E-state index in [1.807, 2.05) is 0 Å². The standard InChI is InChI=1S/C18H29BrO3Si/c1-5-15-13(19)8-6-7-9-16-18(21-15)12-17(22-16)14(20)10-11-23(2,3)4/h6-7,13-18,20H,5,8-9,12H2,1-4H3/b7-6-/t13-,14-,15+,16-,17+,18-/m0/s1. The molecule has 0 radical (unpaired) electrons. The minimum atomic E-state index is -1.48. The molecule has 0 amide bonds. The lowest BCUT2D eigenvalue weighted by Crippen LogP contribution is -2.32. The number of hydrogen-bond acceptors (Lipinski definition) is 3. The van der Waals surface area contributed by atoms with Crippen LogP contribution in [-0.2, 0) is 9.47 Å². The Morgan fingerprint density at radius 1 is 1.22 bits per heavy atom. The van der Waals surface area contributed by atoms with Crippen molar-refractivity contribution in [3.8, 4) is 11.5 Å². The molecule has 0 aromatic carbocycles. The number of rotatable bonds is 2. The molecule has 1 N–H and O–H groups in total. The molecule has 0 unspecified atom stereocenters. The highest BCUT2D eigenvalue weighted by molar-refractivity contribution is 9.09. The van der Waals surface area contributed by atoms with Crippen molar-refractivity contribution in [1.82, 2.24) is 0 Å². The Bertz CT molecular complexity index is 477. The van der Waals surface area contributed by atoms with Crippen LogP contribution < -0.4 is 0 Å². The van der Waals surface area contributed by atoms with Crippen molar-refractivity contribution in [1.29, 1.82) is 0 Å². The minimum Gasteiger partial charge on any atom is -0.378 e. The van der Waals surface area contributed by atoms with Crippen LogP contribution >= 0.6 is 15.9 Å². The van der Waals surface area contributed by atoms with Gasteiger partial charge in [-0.05, 0) is 19.3 Å². The third-order valence-corrected chi connectivity index (χ3v) is 6.09. The van der Waals surface area contributed by atoms with Gasteiger partial charge in [-0.2, -0.15) is 0 Å². The Morgan fingerprint density at radius 2 is 1.91 bits per heavy atom. The molecular weight excluding hydrogens is 372 g/mol. The largest absolute Gasteiger partial charge is 0.378 e. The maximum Gasteiger partial charge on any atom is 0.140 e. The number of ether oxygens (including phenoxy) is 2. The average Bonchev–Trinajstić information content (AvgIpc) is 2.89. The lowest BCUT2D eigenvalue weighted by Gasteiger charge is -2.26. The summed E-state index contributed by atoms with van der Waals surface area (Å²) >= 11 is 3.74. The van der Waals surface area contributed by atoms with Crippen LogP contribution in [0.25, 0.3) is 0 Å². The number of alkyl halides is 1. The zero-order valence-electron chi connectivity index (χ0n) is 14.6. The molecule has 2 aliphatic rings. The fourth-order valence-electron chi connectivity index (χ4n) is 2.96. The Balaban J connectivity index is 2.06. The quantitative estimate of drug-likeness (QED) is 0.332. The Hall–Kier alpha value is -0.123. The first-order valence-electron chi connectivity index (χ1n) is 8.61. The van der Waals surface area contributed by atoms with E-state index >= 15 is 0 Å². The van der Waals surface area contributed by atoms with Crippen LogP contribution in [-0.4, -0.2) is 48.5 Å². The van der Waals surface area contributed by atoms with Crippen LogP contribution in [0.1, 0.15) is 32.6 Å². The molecular formula is C18H29BrO3Si. The molecule has 0 saturated carbocycles. The van der Waals surface area contributed by atoms with Crippen LogP contribution in [0.5, 0.6) is 0 Å². The average molecular weight is 401 g/mol. The smallest absolute Gasteiger partial charge is 0.140 e. The molecule has 1 saturated heterocycles. The highest BCUT2D eigenvalue weighted by Crippen LogP contribution is 2.32. The van der Waals surface area contributed by atoms with Gasteiger partial charge in [0.15, 0.2) is 0 Å². The second kappa shape index (κ2) is 8.31. The first kappa shape index (κ1) is 19.2. The van der Waals surface area contributed by atoms with Gasteiger partial charge in [-0.1, -0.05) is 60.6 Å². The van der Waals surface area contributed by atoms with Gasteiger partial charge in [-0.15, -0.1) is 5.54 Å². The second-order valence-corrected chi connectivity index (χ2v) is 13.4. The summed E-state index contributed by atoms with van der Waals surface area (Å²) in [4.78, 5) is 0.332. The fourth-order valence-corrected chi connectivity index (χ4v) is 4.25. The summed E-state index contributed by atoms with van der Waals surface area (Å²) < 4.78 is 12.4. The SMILES string of the molecule is CC[C@H]1O[C@H]2C[C@H]([C@@H](O)C#C[Si](C)(C)C)O[C@H]2C/C=C\C[C@@H]1Br. The van der Waals surface area contributed by atoms with Gasteiger partial charge in [-0.3, -0.25) is 0 Å². The van der Waals surface area contributed by atoms with Gasteiger partial charge in [0, 0.05) is 11.2 Å². The molecule has 1 fully saturated rings. The fraction of sp³-hybridized carbons (Fsp3) is 0.778. The summed E-state index contributed by atoms with van der Waals surface area (Å²) in [6.45, 7) is 8.68. The molecule has 0 aromatic rings. The number of hydrogen-bond donors (Lipinski definition) is 1. The van der Waals surface area contributed by atoms with E-state index in [4.69, 9.17) is 9.47 Å². The second-order valence-electron chi connectivity index (χ2n) is 7.49. The van der Waals surface area contributed by atoms with Gasteiger partial charge in [0.2, 0.25) is 0 Å². The predicted molar refractivity (Wildman–Crippen MR) is 100 cm³/mol. The zero-order valence-corrected chi connectivity index (χ0v) is 17.2. The summed E-state index contributed by atoms with van der Waals surface area (Å²) in [5.41, 5.74) is 3.24. The summed E-state index contributed by atoms with van der Waals surface area (Å²) in [5, 5.41) is 10.4. The van der Waals surface area contributed by atoms with Crippen molar-refractivity contribution >= 4 is 24.0 Å². The van der Waals surface area contributed by atoms with Crippen molar-refractivity contribution in [2.24, 2.45) is 0 Å². The van der Waals surface area contributed by atoms with Gasteiger partial charge >= 0.3 is 0 Å². The molecule has 23 heavy (non-hydrogen) atoms. The topological polar surface area (TPSA) is 38.7 Å². The molecule has 0 aromatic heterocycles. The molecule has 0 spiro atoms. The molecule has 130 valence electrons. The minimum absolute atomic E-state index is 0.0198. The first-order chi connectivity index (χ1) is 10.8. The molecule has 0 aliphatic carbocycles. The van der Waals surface area contributed by atoms with Gasteiger partial charge in [-0.25, -0.2) is 0 Å². The van der Waals surface area contributed by atoms with Gasteiger partial charge in [0.05, 0.1) is 24.4 Å². The maximum atomic E-state index is 10.4. The molecule has 3 nitrogen and oxygen atoms in total. The molecule has 0 bridgehead atoms. The number of aliphatic hydroxyl groups is 1. The summed E-state index contributed by atoms with van der Waals surface area (Å²) in [6, 6.07) is 0. The summed E-state index contributed by atoms with van der Waals surface area (Å²) in [7, 11) is -1.48. The third-order valence-electron chi connectivity index (χ3n) is 4.23. The molecule has 2 aliphatic heterocycles. The van der Waals surface area contributed by atoms with Crippen LogP contribution in [0.4, 0.5) is 0 Å². The van der Waals surface area contributed by atoms with Gasteiger partial charge < -0.3 is 14.6 Å². The number of allylic oxidation sites excluding steroid dienone is 1. The van der Waals surface area contributed by atoms with Gasteiger partial charge in [0.1, 0.15) is 14.2 Å². The van der Waals surface area contributed by atoms with Crippen molar-refractivity contribution in [3.63, 3.8) is 0 Å². The number of fused-ring (bicyclic) bond motifs is 1. The van der Waals surface area contributed by atoms with Crippen LogP contribution in [0.15, 0.2) is 12.2 Å². The van der Waals surface area contributed by atoms with E-state index in [1.165, 1.54) is 0 Å². The van der Waals surface area contributed by atoms with E-state index in [1.54, 1.807) is 0 Å². The lowest BCUT2D eigenvalue weighted by molar-refractivity contribution is -0.0625. The predicted octanol–water partition coefficient (Wildman–Crippen LogP) is 3.66. The van der Waals surface area contributed by atoms with Crippen molar-refractivity contribution in [2.45, 2.75) is 87.6 Å². The first-order valence-corrected chi connectivity index (χ1v) is 13.0. The molecule has 6 atom stereocenters. The highest BCUT2D eigenvalue weighted by atomic mass is 79.9. The molecule has 2 heterocycles. The van der Waals surface area contributed by atoms with Crippen molar-refractivity contribution in [3.05, 3.63) is 12.2 Å².